The molecule has 0 saturated carbocycles. The van der Waals surface area contributed by atoms with Crippen LogP contribution in [-0.2, 0) is 27.3 Å². The van der Waals surface area contributed by atoms with Gasteiger partial charge in [0.05, 0.1) is 4.92 Å². The van der Waals surface area contributed by atoms with Crippen LogP contribution in [0.1, 0.15) is 31.9 Å². The number of ether oxygens (including phenoxy) is 2. The molecular weight excluding hydrogens is 392 g/mol. The minimum atomic E-state index is -1.26. The van der Waals surface area contributed by atoms with Crippen molar-refractivity contribution < 1.29 is 29.1 Å². The highest BCUT2D eigenvalue weighted by molar-refractivity contribution is 5.82. The van der Waals surface area contributed by atoms with E-state index in [4.69, 9.17) is 9.47 Å². The average molecular weight is 416 g/mol. The lowest BCUT2D eigenvalue weighted by atomic mass is 10.0. The van der Waals surface area contributed by atoms with E-state index >= 15 is 0 Å². The molecule has 0 bridgehead atoms. The molecule has 0 aliphatic rings. The standard InChI is InChI=1S/C21H24N2O7/c1-21(2,3)30-20(26)22-17(19(25)29-13-14-7-5-4-6-8-14)12-15-11-16(24)9-10-18(15)23(27)28/h4-11,17,24H,12-13H2,1-3H3,(H,22,26). The Bertz CT molecular complexity index is 907. The van der Waals surface area contributed by atoms with Crippen molar-refractivity contribution in [3.63, 3.8) is 0 Å². The molecule has 2 aromatic rings. The maximum atomic E-state index is 12.7. The van der Waals surface area contributed by atoms with Crippen molar-refractivity contribution >= 4 is 17.7 Å². The number of hydrogen-bond donors (Lipinski definition) is 2. The Kier molecular flexibility index (Phi) is 7.35. The first-order valence-corrected chi connectivity index (χ1v) is 9.21. The van der Waals surface area contributed by atoms with Crippen LogP contribution < -0.4 is 5.32 Å². The maximum absolute atomic E-state index is 12.7. The molecule has 1 atom stereocenters. The molecule has 9 nitrogen and oxygen atoms in total. The minimum Gasteiger partial charge on any atom is -0.508 e. The molecule has 0 saturated heterocycles. The summed E-state index contributed by atoms with van der Waals surface area (Å²) < 4.78 is 10.5. The third kappa shape index (κ3) is 7.08. The number of carbonyl (C=O) groups excluding carboxylic acids is 2. The lowest BCUT2D eigenvalue weighted by Gasteiger charge is -2.23. The molecule has 9 heteroatoms. The van der Waals surface area contributed by atoms with Crippen molar-refractivity contribution in [2.24, 2.45) is 0 Å². The van der Waals surface area contributed by atoms with Gasteiger partial charge in [-0.3, -0.25) is 10.1 Å². The van der Waals surface area contributed by atoms with Gasteiger partial charge in [-0.1, -0.05) is 30.3 Å². The number of rotatable bonds is 7. The van der Waals surface area contributed by atoms with Gasteiger partial charge in [-0.2, -0.15) is 0 Å². The number of hydrogen-bond acceptors (Lipinski definition) is 7. The molecule has 0 fully saturated rings. The second-order valence-electron chi connectivity index (χ2n) is 7.57. The Morgan fingerprint density at radius 1 is 1.17 bits per heavy atom. The number of nitro groups is 1. The predicted octanol–water partition coefficient (Wildman–Crippen LogP) is 3.48. The lowest BCUT2D eigenvalue weighted by Crippen LogP contribution is -2.45. The Labute approximate surface area is 173 Å². The highest BCUT2D eigenvalue weighted by Gasteiger charge is 2.28. The van der Waals surface area contributed by atoms with Gasteiger partial charge in [0.25, 0.3) is 5.69 Å². The van der Waals surface area contributed by atoms with Crippen LogP contribution in [0.4, 0.5) is 10.5 Å². The lowest BCUT2D eigenvalue weighted by molar-refractivity contribution is -0.385. The highest BCUT2D eigenvalue weighted by atomic mass is 16.6. The summed E-state index contributed by atoms with van der Waals surface area (Å²) in [6, 6.07) is 11.1. The third-order valence-corrected chi connectivity index (χ3v) is 3.88. The number of benzene rings is 2. The zero-order chi connectivity index (χ0) is 22.3. The smallest absolute Gasteiger partial charge is 0.408 e. The summed E-state index contributed by atoms with van der Waals surface area (Å²) in [7, 11) is 0. The van der Waals surface area contributed by atoms with Crippen LogP contribution in [0.3, 0.4) is 0 Å². The number of esters is 1. The fourth-order valence-electron chi connectivity index (χ4n) is 2.61. The molecule has 2 rings (SSSR count). The molecule has 2 aromatic carbocycles. The van der Waals surface area contributed by atoms with Crippen molar-refractivity contribution in [3.05, 3.63) is 69.8 Å². The van der Waals surface area contributed by atoms with Crippen LogP contribution in [-0.4, -0.2) is 33.7 Å². The van der Waals surface area contributed by atoms with Crippen molar-refractivity contribution in [1.29, 1.82) is 0 Å². The number of carbonyl (C=O) groups is 2. The molecule has 0 aliphatic heterocycles. The Balaban J connectivity index is 2.22. The molecule has 1 unspecified atom stereocenters. The van der Waals surface area contributed by atoms with Crippen LogP contribution in [0.25, 0.3) is 0 Å². The monoisotopic (exact) mass is 416 g/mol. The molecule has 160 valence electrons. The van der Waals surface area contributed by atoms with Gasteiger partial charge in [0.15, 0.2) is 0 Å². The Morgan fingerprint density at radius 3 is 2.43 bits per heavy atom. The summed E-state index contributed by atoms with van der Waals surface area (Å²) in [4.78, 5) is 35.5. The number of nitrogens with one attached hydrogen (secondary N) is 1. The summed E-state index contributed by atoms with van der Waals surface area (Å²) in [5, 5.41) is 23.4. The first kappa shape index (κ1) is 22.7. The Hall–Kier alpha value is -3.62. The first-order valence-electron chi connectivity index (χ1n) is 9.21. The summed E-state index contributed by atoms with van der Waals surface area (Å²) >= 11 is 0. The quantitative estimate of drug-likeness (QED) is 0.402. The Morgan fingerprint density at radius 2 is 1.83 bits per heavy atom. The molecule has 30 heavy (non-hydrogen) atoms. The third-order valence-electron chi connectivity index (χ3n) is 3.88. The molecule has 0 aromatic heterocycles. The molecule has 0 aliphatic carbocycles. The van der Waals surface area contributed by atoms with Crippen molar-refractivity contribution in [3.8, 4) is 5.75 Å². The van der Waals surface area contributed by atoms with Gasteiger partial charge in [-0.05, 0) is 38.5 Å². The van der Waals surface area contributed by atoms with Gasteiger partial charge in [-0.15, -0.1) is 0 Å². The van der Waals surface area contributed by atoms with Crippen LogP contribution in [0.5, 0.6) is 5.75 Å². The first-order chi connectivity index (χ1) is 14.0. The van der Waals surface area contributed by atoms with Crippen LogP contribution in [0.2, 0.25) is 0 Å². The van der Waals surface area contributed by atoms with E-state index in [1.54, 1.807) is 45.0 Å². The van der Waals surface area contributed by atoms with Gasteiger partial charge < -0.3 is 19.9 Å². The number of phenolic OH excluding ortho intramolecular Hbond substituents is 1. The molecule has 1 amide bonds. The number of alkyl carbamates (subject to hydrolysis) is 1. The van der Waals surface area contributed by atoms with Gasteiger partial charge in [0, 0.05) is 18.1 Å². The fraction of sp³-hybridized carbons (Fsp3) is 0.333. The summed E-state index contributed by atoms with van der Waals surface area (Å²) in [5.74, 6) is -0.994. The minimum absolute atomic E-state index is 0.0334. The van der Waals surface area contributed by atoms with Gasteiger partial charge in [0.2, 0.25) is 0 Å². The molecule has 2 N–H and O–H groups in total. The van der Waals surface area contributed by atoms with Crippen LogP contribution in [0.15, 0.2) is 48.5 Å². The van der Waals surface area contributed by atoms with E-state index in [0.29, 0.717) is 0 Å². The zero-order valence-corrected chi connectivity index (χ0v) is 17.0. The summed E-state index contributed by atoms with van der Waals surface area (Å²) in [6.07, 6.45) is -1.13. The van der Waals surface area contributed by atoms with Gasteiger partial charge in [-0.25, -0.2) is 9.59 Å². The van der Waals surface area contributed by atoms with E-state index in [-0.39, 0.29) is 30.0 Å². The van der Waals surface area contributed by atoms with Crippen molar-refractivity contribution in [1.82, 2.24) is 5.32 Å². The molecule has 0 radical (unpaired) electrons. The van der Waals surface area contributed by atoms with E-state index in [2.05, 4.69) is 5.32 Å². The number of phenols is 1. The number of amides is 1. The SMILES string of the molecule is CC(C)(C)OC(=O)NC(Cc1cc(O)ccc1[N+](=O)[O-])C(=O)OCc1ccccc1. The fourth-order valence-corrected chi connectivity index (χ4v) is 2.61. The van der Waals surface area contributed by atoms with Crippen molar-refractivity contribution in [2.45, 2.75) is 45.4 Å². The zero-order valence-electron chi connectivity index (χ0n) is 17.0. The molecular formula is C21H24N2O7. The average Bonchev–Trinajstić information content (AvgIpc) is 2.64. The number of nitrogens with zero attached hydrogens (tertiary/aromatic N) is 1. The normalized spacial score (nSPS) is 12.0. The molecule has 0 spiro atoms. The molecule has 0 heterocycles. The topological polar surface area (TPSA) is 128 Å². The number of aromatic hydroxyl groups is 1. The van der Waals surface area contributed by atoms with E-state index in [1.165, 1.54) is 12.1 Å². The second-order valence-corrected chi connectivity index (χ2v) is 7.57. The van der Waals surface area contributed by atoms with Gasteiger partial charge in [0.1, 0.15) is 24.0 Å². The second kappa shape index (κ2) is 9.73. The van der Waals surface area contributed by atoms with Crippen LogP contribution in [0, 0.1) is 10.1 Å². The number of nitro benzene ring substituents is 1. The van der Waals surface area contributed by atoms with E-state index in [0.717, 1.165) is 11.6 Å². The maximum Gasteiger partial charge on any atom is 0.408 e. The van der Waals surface area contributed by atoms with Crippen molar-refractivity contribution in [2.75, 3.05) is 0 Å². The van der Waals surface area contributed by atoms with E-state index in [9.17, 15) is 24.8 Å². The van der Waals surface area contributed by atoms with E-state index < -0.39 is 28.6 Å². The largest absolute Gasteiger partial charge is 0.508 e. The van der Waals surface area contributed by atoms with Gasteiger partial charge >= 0.3 is 12.1 Å². The van der Waals surface area contributed by atoms with Crippen LogP contribution >= 0.6 is 0 Å². The summed E-state index contributed by atoms with van der Waals surface area (Å²) in [5.41, 5.74) is -0.290. The predicted molar refractivity (Wildman–Crippen MR) is 108 cm³/mol. The highest BCUT2D eigenvalue weighted by Crippen LogP contribution is 2.25. The summed E-state index contributed by atoms with van der Waals surface area (Å²) in [6.45, 7) is 4.95. The van der Waals surface area contributed by atoms with E-state index in [1.807, 2.05) is 6.07 Å².